The lowest BCUT2D eigenvalue weighted by atomic mass is 10.0. The van der Waals surface area contributed by atoms with Gasteiger partial charge in [-0.25, -0.2) is 33.4 Å². The zero-order chi connectivity index (χ0) is 28.2. The Morgan fingerprint density at radius 2 is 1.82 bits per heavy atom. The third kappa shape index (κ3) is 4.73. The summed E-state index contributed by atoms with van der Waals surface area (Å²) in [5, 5.41) is 3.68. The van der Waals surface area contributed by atoms with Crippen molar-refractivity contribution < 1.29 is 26.7 Å². The highest BCUT2D eigenvalue weighted by Crippen LogP contribution is 2.46. The first-order valence-corrected chi connectivity index (χ1v) is 12.7. The van der Waals surface area contributed by atoms with Gasteiger partial charge in [0.2, 0.25) is 5.88 Å². The average molecular weight is 558 g/mol. The van der Waals surface area contributed by atoms with E-state index in [1.165, 1.54) is 18.1 Å². The van der Waals surface area contributed by atoms with Crippen molar-refractivity contribution in [2.45, 2.75) is 50.7 Å². The molecule has 1 aliphatic heterocycles. The Kier molecular flexibility index (Phi) is 6.19. The van der Waals surface area contributed by atoms with E-state index >= 15 is 0 Å². The highest BCUT2D eigenvalue weighted by atomic mass is 19.4. The molecule has 0 unspecified atom stereocenters. The van der Waals surface area contributed by atoms with E-state index in [9.17, 15) is 22.0 Å². The second kappa shape index (κ2) is 9.49. The number of alkyl halides is 5. The zero-order valence-electron chi connectivity index (χ0n) is 21.6. The third-order valence-corrected chi connectivity index (χ3v) is 7.11. The van der Waals surface area contributed by atoms with E-state index in [-0.39, 0.29) is 42.1 Å². The minimum Gasteiger partial charge on any atom is -0.480 e. The molecule has 4 heterocycles. The predicted molar refractivity (Wildman–Crippen MR) is 134 cm³/mol. The molecule has 3 aromatic heterocycles. The topological polar surface area (TPSA) is 81.9 Å². The van der Waals surface area contributed by atoms with Gasteiger partial charge in [0, 0.05) is 37.3 Å². The maximum atomic E-state index is 14.9. The first-order chi connectivity index (χ1) is 19.0. The average Bonchev–Trinajstić information content (AvgIpc) is 3.70. The number of halogens is 5. The molecule has 0 N–H and O–H groups in total. The minimum atomic E-state index is -4.55. The lowest BCUT2D eigenvalue weighted by Gasteiger charge is -2.34. The number of nitrogens with zero attached hydrogens (tertiary/aromatic N) is 7. The van der Waals surface area contributed by atoms with Crippen LogP contribution in [-0.4, -0.2) is 43.4 Å². The summed E-state index contributed by atoms with van der Waals surface area (Å²) < 4.78 is 75.8. The minimum absolute atomic E-state index is 0.0450. The van der Waals surface area contributed by atoms with Gasteiger partial charge in [-0.3, -0.25) is 0 Å². The molecule has 0 radical (unpaired) electrons. The van der Waals surface area contributed by atoms with E-state index in [0.717, 1.165) is 36.4 Å². The quantitative estimate of drug-likeness (QED) is 0.276. The van der Waals surface area contributed by atoms with Crippen LogP contribution in [0.5, 0.6) is 5.88 Å². The lowest BCUT2D eigenvalue weighted by molar-refractivity contribution is -0.141. The van der Waals surface area contributed by atoms with Crippen molar-refractivity contribution >= 4 is 5.82 Å². The number of hydrogen-bond donors (Lipinski definition) is 0. The fourth-order valence-electron chi connectivity index (χ4n) is 4.91. The van der Waals surface area contributed by atoms with E-state index in [1.54, 1.807) is 36.1 Å². The number of aromatic nitrogens is 6. The van der Waals surface area contributed by atoms with Crippen LogP contribution in [0, 0.1) is 6.92 Å². The molecule has 8 nitrogen and oxygen atoms in total. The number of benzene rings is 1. The molecule has 6 rings (SSSR count). The molecular weight excluding hydrogens is 533 g/mol. The summed E-state index contributed by atoms with van der Waals surface area (Å²) in [4.78, 5) is 19.2. The molecule has 0 amide bonds. The smallest absolute Gasteiger partial charge is 0.435 e. The zero-order valence-corrected chi connectivity index (χ0v) is 21.6. The molecular formula is C27H24F5N7O. The van der Waals surface area contributed by atoms with Crippen LogP contribution in [-0.2, 0) is 18.6 Å². The molecule has 0 saturated heterocycles. The van der Waals surface area contributed by atoms with Gasteiger partial charge in [-0.2, -0.15) is 18.3 Å². The van der Waals surface area contributed by atoms with Crippen LogP contribution in [0.25, 0.3) is 17.1 Å². The first kappa shape index (κ1) is 26.1. The summed E-state index contributed by atoms with van der Waals surface area (Å²) in [7, 11) is 1.47. The number of aryl methyl sites for hydroxylation is 1. The maximum absolute atomic E-state index is 14.9. The molecule has 0 spiro atoms. The molecule has 0 atom stereocenters. The Morgan fingerprint density at radius 3 is 2.48 bits per heavy atom. The molecule has 40 heavy (non-hydrogen) atoms. The summed E-state index contributed by atoms with van der Waals surface area (Å²) in [6.45, 7) is 1.84. The van der Waals surface area contributed by atoms with Crippen molar-refractivity contribution in [1.82, 2.24) is 29.7 Å². The second-order valence-electron chi connectivity index (χ2n) is 9.97. The highest BCUT2D eigenvalue weighted by molar-refractivity contribution is 5.68. The van der Waals surface area contributed by atoms with Crippen molar-refractivity contribution in [3.8, 4) is 23.0 Å². The van der Waals surface area contributed by atoms with E-state index in [0.29, 0.717) is 16.9 Å². The third-order valence-electron chi connectivity index (χ3n) is 7.11. The maximum Gasteiger partial charge on any atom is 0.435 e. The van der Waals surface area contributed by atoms with Crippen LogP contribution >= 0.6 is 0 Å². The van der Waals surface area contributed by atoms with E-state index in [2.05, 4.69) is 25.0 Å². The van der Waals surface area contributed by atoms with Gasteiger partial charge >= 0.3 is 6.18 Å². The highest BCUT2D eigenvalue weighted by Gasteiger charge is 2.42. The van der Waals surface area contributed by atoms with Crippen molar-refractivity contribution in [3.63, 3.8) is 0 Å². The van der Waals surface area contributed by atoms with Gasteiger partial charge in [-0.15, -0.1) is 0 Å². The summed E-state index contributed by atoms with van der Waals surface area (Å²) in [6.07, 6.45) is -0.474. The van der Waals surface area contributed by atoms with Crippen molar-refractivity contribution in [1.29, 1.82) is 0 Å². The molecule has 0 bridgehead atoms. The van der Waals surface area contributed by atoms with Gasteiger partial charge < -0.3 is 9.64 Å². The fraction of sp³-hybridized carbons (Fsp3) is 0.370. The fourth-order valence-corrected chi connectivity index (χ4v) is 4.91. The monoisotopic (exact) mass is 557 g/mol. The number of hydrogen-bond acceptors (Lipinski definition) is 7. The van der Waals surface area contributed by atoms with Crippen LogP contribution in [0.3, 0.4) is 0 Å². The summed E-state index contributed by atoms with van der Waals surface area (Å²) in [5.41, 5.74) is 1.55. The van der Waals surface area contributed by atoms with Crippen LogP contribution < -0.4 is 9.64 Å². The largest absolute Gasteiger partial charge is 0.480 e. The summed E-state index contributed by atoms with van der Waals surface area (Å²) >= 11 is 0. The molecule has 13 heteroatoms. The number of ether oxygens (including phenoxy) is 1. The Hall–Kier alpha value is -4.16. The van der Waals surface area contributed by atoms with Gasteiger partial charge in [-0.1, -0.05) is 12.1 Å². The molecule has 208 valence electrons. The first-order valence-electron chi connectivity index (χ1n) is 12.7. The van der Waals surface area contributed by atoms with Gasteiger partial charge in [0.15, 0.2) is 11.5 Å². The van der Waals surface area contributed by atoms with Crippen LogP contribution in [0.15, 0.2) is 42.9 Å². The van der Waals surface area contributed by atoms with Crippen molar-refractivity contribution in [3.05, 3.63) is 71.1 Å². The van der Waals surface area contributed by atoms with Gasteiger partial charge in [0.05, 0.1) is 24.1 Å². The molecule has 1 aromatic carbocycles. The van der Waals surface area contributed by atoms with E-state index < -0.39 is 24.2 Å². The molecule has 4 aromatic rings. The van der Waals surface area contributed by atoms with E-state index in [4.69, 9.17) is 4.74 Å². The molecule has 1 aliphatic carbocycles. The predicted octanol–water partition coefficient (Wildman–Crippen LogP) is 5.83. The Balaban J connectivity index is 1.33. The number of anilines is 1. The van der Waals surface area contributed by atoms with Crippen LogP contribution in [0.2, 0.25) is 0 Å². The lowest BCUT2D eigenvalue weighted by Crippen LogP contribution is -2.36. The SMILES string of the molecule is COc1ncnc(C2CC2)c1-c1ncc2c(n1)N(Cc1ccc(-n3nc(C(F)(F)F)cc3C)cc1)CCC2(F)F. The summed E-state index contributed by atoms with van der Waals surface area (Å²) in [5.74, 6) is -2.28. The summed E-state index contributed by atoms with van der Waals surface area (Å²) in [6, 6.07) is 7.75. The normalized spacial score (nSPS) is 16.6. The molecule has 1 fully saturated rings. The second-order valence-corrected chi connectivity index (χ2v) is 9.97. The van der Waals surface area contributed by atoms with Crippen LogP contribution in [0.1, 0.15) is 53.4 Å². The molecule has 1 saturated carbocycles. The van der Waals surface area contributed by atoms with E-state index in [1.807, 2.05) is 0 Å². The number of fused-ring (bicyclic) bond motifs is 1. The van der Waals surface area contributed by atoms with Crippen molar-refractivity contribution in [2.24, 2.45) is 0 Å². The number of methoxy groups -OCH3 is 1. The number of rotatable bonds is 6. The Bertz CT molecular complexity index is 1560. The molecule has 2 aliphatic rings. The van der Waals surface area contributed by atoms with Gasteiger partial charge in [-0.05, 0) is 43.5 Å². The van der Waals surface area contributed by atoms with Gasteiger partial charge in [0.25, 0.3) is 5.92 Å². The standard InChI is InChI=1S/C27H24F5N7O/c1-15-11-20(27(30,31)32)37-39(15)18-7-3-16(4-8-18)13-38-10-9-26(28,29)19-12-33-23(36-24(19)38)21-22(17-5-6-17)34-14-35-25(21)40-2/h3-4,7-8,11-12,14,17H,5-6,9-10,13H2,1-2H3. The van der Waals surface area contributed by atoms with Crippen LogP contribution in [0.4, 0.5) is 27.8 Å². The Morgan fingerprint density at radius 1 is 1.07 bits per heavy atom. The Labute approximate surface area is 225 Å². The van der Waals surface area contributed by atoms with Crippen molar-refractivity contribution in [2.75, 3.05) is 18.6 Å². The van der Waals surface area contributed by atoms with Gasteiger partial charge in [0.1, 0.15) is 17.7 Å².